The van der Waals surface area contributed by atoms with E-state index in [9.17, 15) is 4.79 Å². The van der Waals surface area contributed by atoms with Gasteiger partial charge in [0, 0.05) is 25.8 Å². The Bertz CT molecular complexity index is 413. The second-order valence-electron chi connectivity index (χ2n) is 4.72. The van der Waals surface area contributed by atoms with Crippen molar-refractivity contribution in [2.45, 2.75) is 25.4 Å². The summed E-state index contributed by atoms with van der Waals surface area (Å²) >= 11 is 0. The minimum atomic E-state index is -0.856. The third kappa shape index (κ3) is 3.09. The van der Waals surface area contributed by atoms with E-state index in [0.717, 1.165) is 31.6 Å². The molecule has 0 radical (unpaired) electrons. The lowest BCUT2D eigenvalue weighted by atomic mass is 10.0. The van der Waals surface area contributed by atoms with Gasteiger partial charge in [-0.25, -0.2) is 4.79 Å². The molecule has 1 aliphatic rings. The number of hydrogen-bond donors (Lipinski definition) is 1. The molecule has 0 atom stereocenters. The van der Waals surface area contributed by atoms with Crippen molar-refractivity contribution in [3.05, 3.63) is 35.4 Å². The average molecular weight is 249 g/mol. The van der Waals surface area contributed by atoms with Gasteiger partial charge in [-0.15, -0.1) is 0 Å². The van der Waals surface area contributed by atoms with Crippen LogP contribution in [-0.2, 0) is 11.3 Å². The Morgan fingerprint density at radius 3 is 2.72 bits per heavy atom. The number of carboxylic acids is 1. The Balaban J connectivity index is 2.06. The molecule has 0 amide bonds. The maximum atomic E-state index is 11.1. The number of benzene rings is 1. The van der Waals surface area contributed by atoms with Crippen LogP contribution in [-0.4, -0.2) is 42.3 Å². The first kappa shape index (κ1) is 13.1. The normalized spacial score (nSPS) is 17.0. The Morgan fingerprint density at radius 1 is 1.39 bits per heavy atom. The summed E-state index contributed by atoms with van der Waals surface area (Å²) in [6, 6.07) is 7.69. The summed E-state index contributed by atoms with van der Waals surface area (Å²) in [5.41, 5.74) is 1.27. The van der Waals surface area contributed by atoms with Gasteiger partial charge >= 0.3 is 5.97 Å². The van der Waals surface area contributed by atoms with Crippen molar-refractivity contribution in [1.82, 2.24) is 4.90 Å². The van der Waals surface area contributed by atoms with Crippen molar-refractivity contribution in [1.29, 1.82) is 0 Å². The van der Waals surface area contributed by atoms with Gasteiger partial charge in [0.1, 0.15) is 0 Å². The average Bonchev–Trinajstić information content (AvgIpc) is 2.40. The molecular weight excluding hydrogens is 230 g/mol. The molecule has 2 rings (SSSR count). The Kier molecular flexibility index (Phi) is 4.33. The first-order valence-corrected chi connectivity index (χ1v) is 6.27. The Labute approximate surface area is 107 Å². The van der Waals surface area contributed by atoms with E-state index in [1.807, 2.05) is 12.1 Å². The van der Waals surface area contributed by atoms with Crippen molar-refractivity contribution < 1.29 is 14.6 Å². The summed E-state index contributed by atoms with van der Waals surface area (Å²) in [7, 11) is 2.05. The molecule has 4 nitrogen and oxygen atoms in total. The van der Waals surface area contributed by atoms with E-state index in [-0.39, 0.29) is 0 Å². The van der Waals surface area contributed by atoms with E-state index in [0.29, 0.717) is 18.2 Å². The van der Waals surface area contributed by atoms with E-state index in [2.05, 4.69) is 11.9 Å². The molecule has 0 aromatic heterocycles. The van der Waals surface area contributed by atoms with Crippen LogP contribution in [0.2, 0.25) is 0 Å². The van der Waals surface area contributed by atoms with Crippen molar-refractivity contribution in [2.24, 2.45) is 0 Å². The number of ether oxygens (including phenoxy) is 1. The molecule has 4 heteroatoms. The summed E-state index contributed by atoms with van der Waals surface area (Å²) in [4.78, 5) is 13.4. The Hall–Kier alpha value is -1.39. The van der Waals surface area contributed by atoms with Gasteiger partial charge in [0.15, 0.2) is 0 Å². The van der Waals surface area contributed by atoms with E-state index in [1.165, 1.54) is 0 Å². The fraction of sp³-hybridized carbons (Fsp3) is 0.500. The quantitative estimate of drug-likeness (QED) is 0.886. The van der Waals surface area contributed by atoms with Crippen LogP contribution in [0.15, 0.2) is 24.3 Å². The van der Waals surface area contributed by atoms with E-state index in [1.54, 1.807) is 12.1 Å². The molecule has 1 fully saturated rings. The van der Waals surface area contributed by atoms with Crippen LogP contribution in [0.3, 0.4) is 0 Å². The number of aromatic carboxylic acids is 1. The molecule has 0 spiro atoms. The molecule has 1 aromatic rings. The van der Waals surface area contributed by atoms with Gasteiger partial charge in [-0.2, -0.15) is 0 Å². The number of nitrogens with zero attached hydrogens (tertiary/aromatic N) is 1. The lowest BCUT2D eigenvalue weighted by Gasteiger charge is -2.31. The number of hydrogen-bond acceptors (Lipinski definition) is 3. The highest BCUT2D eigenvalue weighted by Gasteiger charge is 2.20. The highest BCUT2D eigenvalue weighted by molar-refractivity contribution is 5.89. The molecule has 0 bridgehead atoms. The molecule has 18 heavy (non-hydrogen) atoms. The zero-order valence-corrected chi connectivity index (χ0v) is 10.6. The highest BCUT2D eigenvalue weighted by Crippen LogP contribution is 2.17. The number of carbonyl (C=O) groups is 1. The van der Waals surface area contributed by atoms with Crippen molar-refractivity contribution in [3.8, 4) is 0 Å². The van der Waals surface area contributed by atoms with Gasteiger partial charge in [0.2, 0.25) is 0 Å². The van der Waals surface area contributed by atoms with Crippen LogP contribution in [0, 0.1) is 0 Å². The standard InChI is InChI=1S/C14H19NO3/c1-15(12-6-8-18-9-7-12)10-11-4-2-3-5-13(11)14(16)17/h2-5,12H,6-10H2,1H3,(H,16,17). The SMILES string of the molecule is CN(Cc1ccccc1C(=O)O)C1CCOCC1. The number of carboxylic acid groups (broad SMARTS) is 1. The molecular formula is C14H19NO3. The fourth-order valence-corrected chi connectivity index (χ4v) is 2.39. The molecule has 1 heterocycles. The maximum absolute atomic E-state index is 11.1. The smallest absolute Gasteiger partial charge is 0.336 e. The third-order valence-electron chi connectivity index (χ3n) is 3.48. The lowest BCUT2D eigenvalue weighted by Crippen LogP contribution is -2.36. The van der Waals surface area contributed by atoms with Gasteiger partial charge in [0.05, 0.1) is 5.56 Å². The predicted octanol–water partition coefficient (Wildman–Crippen LogP) is 2.00. The molecule has 1 aromatic carbocycles. The minimum Gasteiger partial charge on any atom is -0.478 e. The van der Waals surface area contributed by atoms with Crippen LogP contribution in [0.5, 0.6) is 0 Å². The van der Waals surface area contributed by atoms with Gasteiger partial charge in [-0.3, -0.25) is 4.90 Å². The Morgan fingerprint density at radius 2 is 2.06 bits per heavy atom. The van der Waals surface area contributed by atoms with E-state index >= 15 is 0 Å². The van der Waals surface area contributed by atoms with Gasteiger partial charge < -0.3 is 9.84 Å². The van der Waals surface area contributed by atoms with Crippen LogP contribution in [0.25, 0.3) is 0 Å². The van der Waals surface area contributed by atoms with Gasteiger partial charge in [-0.1, -0.05) is 18.2 Å². The fourth-order valence-electron chi connectivity index (χ4n) is 2.39. The van der Waals surface area contributed by atoms with Gasteiger partial charge in [-0.05, 0) is 31.5 Å². The van der Waals surface area contributed by atoms with E-state index in [4.69, 9.17) is 9.84 Å². The monoisotopic (exact) mass is 249 g/mol. The van der Waals surface area contributed by atoms with Crippen LogP contribution in [0.4, 0.5) is 0 Å². The van der Waals surface area contributed by atoms with Crippen molar-refractivity contribution in [2.75, 3.05) is 20.3 Å². The molecule has 0 unspecified atom stereocenters. The third-order valence-corrected chi connectivity index (χ3v) is 3.48. The first-order valence-electron chi connectivity index (χ1n) is 6.27. The number of rotatable bonds is 4. The van der Waals surface area contributed by atoms with Gasteiger partial charge in [0.25, 0.3) is 0 Å². The topological polar surface area (TPSA) is 49.8 Å². The minimum absolute atomic E-state index is 0.399. The zero-order chi connectivity index (χ0) is 13.0. The molecule has 1 N–H and O–H groups in total. The largest absolute Gasteiger partial charge is 0.478 e. The van der Waals surface area contributed by atoms with Crippen molar-refractivity contribution >= 4 is 5.97 Å². The predicted molar refractivity (Wildman–Crippen MR) is 68.7 cm³/mol. The zero-order valence-electron chi connectivity index (χ0n) is 10.6. The second-order valence-corrected chi connectivity index (χ2v) is 4.72. The van der Waals surface area contributed by atoms with Crippen LogP contribution in [0.1, 0.15) is 28.8 Å². The maximum Gasteiger partial charge on any atom is 0.336 e. The van der Waals surface area contributed by atoms with Crippen LogP contribution < -0.4 is 0 Å². The second kappa shape index (κ2) is 5.98. The molecule has 1 saturated heterocycles. The summed E-state index contributed by atoms with van der Waals surface area (Å²) in [6.07, 6.45) is 2.04. The summed E-state index contributed by atoms with van der Waals surface area (Å²) in [6.45, 7) is 2.28. The van der Waals surface area contributed by atoms with Crippen molar-refractivity contribution in [3.63, 3.8) is 0 Å². The molecule has 98 valence electrons. The summed E-state index contributed by atoms with van der Waals surface area (Å²) in [5.74, 6) is -0.856. The summed E-state index contributed by atoms with van der Waals surface area (Å²) in [5, 5.41) is 9.15. The molecule has 0 aliphatic carbocycles. The first-order chi connectivity index (χ1) is 8.68. The highest BCUT2D eigenvalue weighted by atomic mass is 16.5. The lowest BCUT2D eigenvalue weighted by molar-refractivity contribution is 0.0404. The molecule has 0 saturated carbocycles. The molecule has 1 aliphatic heterocycles. The van der Waals surface area contributed by atoms with Crippen LogP contribution >= 0.6 is 0 Å². The van der Waals surface area contributed by atoms with E-state index < -0.39 is 5.97 Å². The summed E-state index contributed by atoms with van der Waals surface area (Å²) < 4.78 is 5.34.